The van der Waals surface area contributed by atoms with Crippen LogP contribution in [-0.4, -0.2) is 32.7 Å². The van der Waals surface area contributed by atoms with E-state index >= 15 is 0 Å². The van der Waals surface area contributed by atoms with Crippen molar-refractivity contribution in [2.75, 3.05) is 26.4 Å². The van der Waals surface area contributed by atoms with Gasteiger partial charge in [0.1, 0.15) is 0 Å². The van der Waals surface area contributed by atoms with Crippen LogP contribution in [0.2, 0.25) is 5.02 Å². The Morgan fingerprint density at radius 3 is 2.21 bits per heavy atom. The molecule has 2 aliphatic rings. The normalized spacial score (nSPS) is 31.1. The number of hydrogen-bond donors (Lipinski definition) is 0. The first-order chi connectivity index (χ1) is 11.8. The minimum atomic E-state index is -0.330. The highest BCUT2D eigenvalue weighted by Gasteiger charge is 2.33. The highest BCUT2D eigenvalue weighted by Crippen LogP contribution is 2.30. The zero-order chi connectivity index (χ0) is 16.8. The number of rotatable bonds is 6. The largest absolute Gasteiger partial charge is 0.352 e. The van der Waals surface area contributed by atoms with Gasteiger partial charge in [0.2, 0.25) is 0 Å². The van der Waals surface area contributed by atoms with Crippen molar-refractivity contribution >= 4 is 11.6 Å². The van der Waals surface area contributed by atoms with Gasteiger partial charge in [-0.15, -0.1) is 0 Å². The monoisotopic (exact) mass is 354 g/mol. The summed E-state index contributed by atoms with van der Waals surface area (Å²) in [6, 6.07) is 7.56. The van der Waals surface area contributed by atoms with Crippen molar-refractivity contribution in [3.05, 3.63) is 34.9 Å². The minimum Gasteiger partial charge on any atom is -0.352 e. The highest BCUT2D eigenvalue weighted by molar-refractivity contribution is 6.30. The Morgan fingerprint density at radius 2 is 1.58 bits per heavy atom. The molecule has 2 aliphatic heterocycles. The first kappa shape index (κ1) is 18.2. The van der Waals surface area contributed by atoms with Crippen LogP contribution in [0, 0.1) is 11.8 Å². The predicted octanol–water partition coefficient (Wildman–Crippen LogP) is 4.57. The van der Waals surface area contributed by atoms with E-state index in [4.69, 9.17) is 30.5 Å². The third-order valence-corrected chi connectivity index (χ3v) is 4.91. The van der Waals surface area contributed by atoms with Crippen LogP contribution in [0.4, 0.5) is 0 Å². The van der Waals surface area contributed by atoms with Crippen molar-refractivity contribution in [2.45, 2.75) is 45.2 Å². The lowest BCUT2D eigenvalue weighted by atomic mass is 10.0. The van der Waals surface area contributed by atoms with Gasteiger partial charge in [0, 0.05) is 16.5 Å². The number of benzene rings is 1. The van der Waals surface area contributed by atoms with E-state index in [2.05, 4.69) is 6.92 Å². The van der Waals surface area contributed by atoms with Gasteiger partial charge < -0.3 is 18.9 Å². The average molecular weight is 355 g/mol. The fraction of sp³-hybridized carbons (Fsp3) is 0.684. The Morgan fingerprint density at radius 1 is 0.917 bits per heavy atom. The molecule has 5 heteroatoms. The lowest BCUT2D eigenvalue weighted by molar-refractivity contribution is -0.283. The summed E-state index contributed by atoms with van der Waals surface area (Å²) in [5, 5.41) is 0.713. The molecule has 134 valence electrons. The fourth-order valence-electron chi connectivity index (χ4n) is 3.17. The Balaban J connectivity index is 1.40. The molecule has 2 heterocycles. The molecule has 0 saturated carbocycles. The Labute approximate surface area is 149 Å². The van der Waals surface area contributed by atoms with Crippen molar-refractivity contribution in [3.63, 3.8) is 0 Å². The van der Waals surface area contributed by atoms with Crippen LogP contribution < -0.4 is 0 Å². The first-order valence-electron chi connectivity index (χ1n) is 8.98. The second-order valence-corrected chi connectivity index (χ2v) is 7.14. The van der Waals surface area contributed by atoms with Crippen LogP contribution in [0.3, 0.4) is 0 Å². The number of ether oxygens (including phenoxy) is 4. The lowest BCUT2D eigenvalue weighted by Gasteiger charge is -2.37. The highest BCUT2D eigenvalue weighted by atomic mass is 35.5. The molecule has 2 saturated heterocycles. The Bertz CT molecular complexity index is 477. The zero-order valence-electron chi connectivity index (χ0n) is 14.3. The molecule has 0 unspecified atom stereocenters. The third-order valence-electron chi connectivity index (χ3n) is 4.66. The summed E-state index contributed by atoms with van der Waals surface area (Å²) in [7, 11) is 0. The molecule has 2 fully saturated rings. The van der Waals surface area contributed by atoms with Crippen LogP contribution in [0.25, 0.3) is 0 Å². The molecule has 0 N–H and O–H groups in total. The summed E-state index contributed by atoms with van der Waals surface area (Å²) >= 11 is 5.91. The molecule has 1 aromatic carbocycles. The molecular formula is C19H27ClO4. The average Bonchev–Trinajstić information content (AvgIpc) is 2.63. The van der Waals surface area contributed by atoms with Gasteiger partial charge in [-0.3, -0.25) is 0 Å². The molecule has 1 aromatic rings. The summed E-state index contributed by atoms with van der Waals surface area (Å²) in [6.45, 7) is 4.96. The van der Waals surface area contributed by atoms with E-state index in [0.29, 0.717) is 24.2 Å². The van der Waals surface area contributed by atoms with E-state index in [9.17, 15) is 0 Å². The molecule has 24 heavy (non-hydrogen) atoms. The van der Waals surface area contributed by atoms with Gasteiger partial charge in [-0.2, -0.15) is 0 Å². The van der Waals surface area contributed by atoms with E-state index in [1.165, 1.54) is 25.7 Å². The van der Waals surface area contributed by atoms with Gasteiger partial charge in [0.15, 0.2) is 12.6 Å². The molecule has 3 rings (SSSR count). The van der Waals surface area contributed by atoms with Gasteiger partial charge in [-0.1, -0.05) is 49.9 Å². The molecular weight excluding hydrogens is 328 g/mol. The summed E-state index contributed by atoms with van der Waals surface area (Å²) in [6.07, 6.45) is 4.45. The van der Waals surface area contributed by atoms with Gasteiger partial charge in [0.05, 0.1) is 32.3 Å². The minimum absolute atomic E-state index is 0.130. The zero-order valence-corrected chi connectivity index (χ0v) is 15.0. The van der Waals surface area contributed by atoms with Crippen LogP contribution >= 0.6 is 11.6 Å². The molecule has 0 aliphatic carbocycles. The van der Waals surface area contributed by atoms with E-state index < -0.39 is 0 Å². The van der Waals surface area contributed by atoms with E-state index in [1.807, 2.05) is 24.3 Å². The maximum absolute atomic E-state index is 5.92. The molecule has 0 spiro atoms. The van der Waals surface area contributed by atoms with E-state index in [0.717, 1.165) is 18.8 Å². The van der Waals surface area contributed by atoms with E-state index in [1.54, 1.807) is 0 Å². The molecule has 4 nitrogen and oxygen atoms in total. The maximum atomic E-state index is 5.92. The molecule has 0 aromatic heterocycles. The van der Waals surface area contributed by atoms with Crippen molar-refractivity contribution < 1.29 is 18.9 Å². The second-order valence-electron chi connectivity index (χ2n) is 6.71. The van der Waals surface area contributed by atoms with Crippen molar-refractivity contribution in [2.24, 2.45) is 11.8 Å². The number of halogens is 1. The predicted molar refractivity (Wildman–Crippen MR) is 92.9 cm³/mol. The van der Waals surface area contributed by atoms with Crippen LogP contribution in [0.15, 0.2) is 24.3 Å². The van der Waals surface area contributed by atoms with Gasteiger partial charge in [0.25, 0.3) is 0 Å². The quantitative estimate of drug-likeness (QED) is 0.701. The SMILES string of the molecule is CCCCCC1COC(C2COC(c3ccc(Cl)cc3)OC2)OC1. The van der Waals surface area contributed by atoms with Gasteiger partial charge in [-0.25, -0.2) is 0 Å². The smallest absolute Gasteiger partial charge is 0.183 e. The topological polar surface area (TPSA) is 36.9 Å². The van der Waals surface area contributed by atoms with Crippen LogP contribution in [-0.2, 0) is 18.9 Å². The summed E-state index contributed by atoms with van der Waals surface area (Å²) in [5.74, 6) is 0.658. The summed E-state index contributed by atoms with van der Waals surface area (Å²) < 4.78 is 23.5. The molecule has 0 radical (unpaired) electrons. The molecule has 0 bridgehead atoms. The second kappa shape index (κ2) is 9.16. The van der Waals surface area contributed by atoms with Gasteiger partial charge >= 0.3 is 0 Å². The van der Waals surface area contributed by atoms with Gasteiger partial charge in [-0.05, 0) is 18.6 Å². The van der Waals surface area contributed by atoms with E-state index in [-0.39, 0.29) is 18.5 Å². The Hall–Kier alpha value is -0.650. The van der Waals surface area contributed by atoms with Crippen LogP contribution in [0.1, 0.15) is 44.5 Å². The Kier molecular flexibility index (Phi) is 6.93. The lowest BCUT2D eigenvalue weighted by Crippen LogP contribution is -2.43. The maximum Gasteiger partial charge on any atom is 0.183 e. The molecule has 0 amide bonds. The number of unbranched alkanes of at least 4 members (excludes halogenated alkanes) is 2. The van der Waals surface area contributed by atoms with Crippen LogP contribution in [0.5, 0.6) is 0 Å². The first-order valence-corrected chi connectivity index (χ1v) is 9.36. The van der Waals surface area contributed by atoms with Crippen molar-refractivity contribution in [1.82, 2.24) is 0 Å². The third kappa shape index (κ3) is 4.93. The summed E-state index contributed by atoms with van der Waals surface area (Å²) in [4.78, 5) is 0. The number of hydrogen-bond acceptors (Lipinski definition) is 4. The standard InChI is InChI=1S/C19H27ClO4/c1-2-3-4-5-14-10-21-19(22-11-14)16-12-23-18(24-13-16)15-6-8-17(20)9-7-15/h6-9,14,16,18-19H,2-5,10-13H2,1H3. The van der Waals surface area contributed by atoms with Crippen molar-refractivity contribution in [1.29, 1.82) is 0 Å². The van der Waals surface area contributed by atoms with Crippen molar-refractivity contribution in [3.8, 4) is 0 Å². The summed E-state index contributed by atoms with van der Waals surface area (Å²) in [5.41, 5.74) is 0.985. The molecule has 0 atom stereocenters. The fourth-order valence-corrected chi connectivity index (χ4v) is 3.29.